The van der Waals surface area contributed by atoms with E-state index < -0.39 is 14.2 Å². The first-order valence-electron chi connectivity index (χ1n) is 6.35. The zero-order valence-corrected chi connectivity index (χ0v) is 13.9. The molecule has 1 aliphatic heterocycles. The number of para-hydroxylation sites is 2. The predicted octanol–water partition coefficient (Wildman–Crippen LogP) is 2.68. The van der Waals surface area contributed by atoms with Gasteiger partial charge in [-0.1, -0.05) is 36.4 Å². The van der Waals surface area contributed by atoms with Crippen LogP contribution in [0.3, 0.4) is 0 Å². The molecule has 0 aliphatic carbocycles. The number of benzene rings is 2. The fraction of sp³-hybridized carbons (Fsp3) is 0. The van der Waals surface area contributed by atoms with Crippen LogP contribution in [-0.4, -0.2) is 0 Å². The molecule has 0 spiro atoms. The Kier molecular flexibility index (Phi) is 4.61. The highest BCUT2D eigenvalue weighted by Gasteiger charge is 2.36. The maximum absolute atomic E-state index is 12.5. The molecule has 2 aromatic rings. The summed E-state index contributed by atoms with van der Waals surface area (Å²) in [5.41, 5.74) is 0. The van der Waals surface area contributed by atoms with Crippen molar-refractivity contribution in [3.63, 3.8) is 0 Å². The zero-order chi connectivity index (χ0) is 15.5. The minimum Gasteiger partial charge on any atom is -0.440 e. The van der Waals surface area contributed by atoms with Gasteiger partial charge in [0.2, 0.25) is 0 Å². The van der Waals surface area contributed by atoms with Crippen LogP contribution >= 0.6 is 14.2 Å². The molecule has 0 bridgehead atoms. The molecule has 1 saturated heterocycles. The fourth-order valence-corrected chi connectivity index (χ4v) is 5.90. The van der Waals surface area contributed by atoms with Crippen LogP contribution in [-0.2, 0) is 16.4 Å². The van der Waals surface area contributed by atoms with Gasteiger partial charge in [-0.15, -0.1) is 0 Å². The molecule has 0 unspecified atom stereocenters. The lowest BCUT2D eigenvalue weighted by atomic mass is 10.3. The first-order chi connectivity index (χ1) is 10.6. The van der Waals surface area contributed by atoms with E-state index in [1.807, 2.05) is 24.3 Å². The molecule has 10 heteroatoms. The van der Waals surface area contributed by atoms with Gasteiger partial charge in [-0.05, 0) is 36.1 Å². The van der Waals surface area contributed by atoms with Crippen LogP contribution in [0.2, 0.25) is 0 Å². The highest BCUT2D eigenvalue weighted by Crippen LogP contribution is 2.47. The van der Waals surface area contributed by atoms with Gasteiger partial charge in [-0.25, -0.2) is 4.57 Å². The molecule has 0 aromatic heterocycles. The minimum absolute atomic E-state index is 0.466. The fourth-order valence-electron chi connectivity index (χ4n) is 1.67. The predicted molar refractivity (Wildman–Crippen MR) is 88.6 cm³/mol. The summed E-state index contributed by atoms with van der Waals surface area (Å²) in [6.45, 7) is -2.66. The Morgan fingerprint density at radius 2 is 1.18 bits per heavy atom. The summed E-state index contributed by atoms with van der Waals surface area (Å²) >= 11 is 5.37. The standard InChI is InChI=1S/C12H14N4O3P2S/c17-20(18-11-7-3-1-4-8-11)13-15-21(22,16-14-20)19-12-9-5-2-6-10-12/h1-10H,(H2,13,14,17)(H2,15,16,22). The number of nitrogens with one attached hydrogen (secondary N) is 4. The third kappa shape index (κ3) is 3.94. The molecule has 2 aromatic carbocycles. The van der Waals surface area contributed by atoms with E-state index in [4.69, 9.17) is 20.9 Å². The van der Waals surface area contributed by atoms with E-state index in [2.05, 4.69) is 20.8 Å². The molecule has 7 nitrogen and oxygen atoms in total. The number of hydrogen-bond donors (Lipinski definition) is 4. The van der Waals surface area contributed by atoms with Crippen molar-refractivity contribution < 1.29 is 13.6 Å². The second-order valence-electron chi connectivity index (χ2n) is 4.36. The van der Waals surface area contributed by atoms with Gasteiger partial charge in [0, 0.05) is 0 Å². The van der Waals surface area contributed by atoms with E-state index in [0.29, 0.717) is 11.5 Å². The molecular weight excluding hydrogens is 342 g/mol. The Balaban J connectivity index is 1.64. The molecule has 22 heavy (non-hydrogen) atoms. The smallest absolute Gasteiger partial charge is 0.417 e. The lowest BCUT2D eigenvalue weighted by Crippen LogP contribution is -2.49. The number of hydrogen-bond acceptors (Lipinski definition) is 4. The van der Waals surface area contributed by atoms with Gasteiger partial charge in [0.25, 0.3) is 6.57 Å². The Morgan fingerprint density at radius 3 is 1.68 bits per heavy atom. The average molecular weight is 356 g/mol. The summed E-state index contributed by atoms with van der Waals surface area (Å²) in [6.07, 6.45) is 0. The van der Waals surface area contributed by atoms with Crippen LogP contribution in [0.15, 0.2) is 60.7 Å². The third-order valence-electron chi connectivity index (χ3n) is 2.64. The molecular formula is C12H14N4O3P2S. The maximum Gasteiger partial charge on any atom is 0.417 e. The van der Waals surface area contributed by atoms with Crippen LogP contribution in [0, 0.1) is 0 Å². The highest BCUT2D eigenvalue weighted by atomic mass is 32.4. The van der Waals surface area contributed by atoms with Crippen molar-refractivity contribution >= 4 is 26.0 Å². The molecule has 0 saturated carbocycles. The monoisotopic (exact) mass is 356 g/mol. The Labute approximate surface area is 133 Å². The first-order valence-corrected chi connectivity index (χ1v) is 10.7. The van der Waals surface area contributed by atoms with Crippen LogP contribution < -0.4 is 29.8 Å². The number of rotatable bonds is 4. The molecule has 116 valence electrons. The highest BCUT2D eigenvalue weighted by molar-refractivity contribution is 8.10. The van der Waals surface area contributed by atoms with Crippen LogP contribution in [0.25, 0.3) is 0 Å². The summed E-state index contributed by atoms with van der Waals surface area (Å²) in [5, 5.41) is 10.7. The van der Waals surface area contributed by atoms with Gasteiger partial charge in [0.1, 0.15) is 11.5 Å². The molecule has 1 fully saturated rings. The summed E-state index contributed by atoms with van der Waals surface area (Å²) in [4.78, 5) is 0. The van der Waals surface area contributed by atoms with Crippen molar-refractivity contribution in [2.24, 2.45) is 0 Å². The third-order valence-corrected chi connectivity index (χ3v) is 6.33. The van der Waals surface area contributed by atoms with Crippen molar-refractivity contribution in [3.8, 4) is 11.5 Å². The van der Waals surface area contributed by atoms with Crippen molar-refractivity contribution in [1.29, 1.82) is 0 Å². The SMILES string of the molecule is O=P1(Oc2ccccc2)NNP(=S)(Oc2ccccc2)NN1. The Morgan fingerprint density at radius 1 is 0.727 bits per heavy atom. The van der Waals surface area contributed by atoms with Gasteiger partial charge in [-0.2, -0.15) is 20.8 Å². The van der Waals surface area contributed by atoms with E-state index in [-0.39, 0.29) is 0 Å². The molecule has 4 N–H and O–H groups in total. The second kappa shape index (κ2) is 6.48. The van der Waals surface area contributed by atoms with Crippen molar-refractivity contribution in [2.45, 2.75) is 0 Å². The van der Waals surface area contributed by atoms with Crippen LogP contribution in [0.5, 0.6) is 11.5 Å². The quantitative estimate of drug-likeness (QED) is 0.623. The van der Waals surface area contributed by atoms with E-state index in [1.54, 1.807) is 36.4 Å². The lowest BCUT2D eigenvalue weighted by molar-refractivity contribution is 0.429. The Hall–Kier alpha value is -1.24. The Bertz CT molecular complexity index is 652. The summed E-state index contributed by atoms with van der Waals surface area (Å²) < 4.78 is 23.6. The molecule has 1 heterocycles. The van der Waals surface area contributed by atoms with E-state index >= 15 is 0 Å². The maximum atomic E-state index is 12.5. The summed E-state index contributed by atoms with van der Waals surface area (Å²) in [5.74, 6) is 1.07. The van der Waals surface area contributed by atoms with Crippen LogP contribution in [0.1, 0.15) is 0 Å². The average Bonchev–Trinajstić information content (AvgIpc) is 2.53. The summed E-state index contributed by atoms with van der Waals surface area (Å²) in [6, 6.07) is 17.9. The van der Waals surface area contributed by atoms with Crippen molar-refractivity contribution in [2.75, 3.05) is 0 Å². The normalized spacial score (nSPS) is 28.0. The summed E-state index contributed by atoms with van der Waals surface area (Å²) in [7, 11) is -3.36. The van der Waals surface area contributed by atoms with Gasteiger partial charge >= 0.3 is 7.67 Å². The molecule has 1 aliphatic rings. The molecule has 0 atom stereocenters. The van der Waals surface area contributed by atoms with E-state index in [1.165, 1.54) is 0 Å². The van der Waals surface area contributed by atoms with Gasteiger partial charge in [-0.3, -0.25) is 0 Å². The largest absolute Gasteiger partial charge is 0.440 e. The second-order valence-corrected chi connectivity index (χ2v) is 9.37. The topological polar surface area (TPSA) is 83.7 Å². The van der Waals surface area contributed by atoms with Gasteiger partial charge < -0.3 is 9.05 Å². The van der Waals surface area contributed by atoms with Crippen molar-refractivity contribution in [1.82, 2.24) is 20.8 Å². The molecule has 3 rings (SSSR count). The lowest BCUT2D eigenvalue weighted by Gasteiger charge is -2.33. The zero-order valence-electron chi connectivity index (χ0n) is 11.3. The number of hydrazine groups is 2. The van der Waals surface area contributed by atoms with Crippen LogP contribution in [0.4, 0.5) is 0 Å². The minimum atomic E-state index is -3.36. The van der Waals surface area contributed by atoms with Gasteiger partial charge in [0.05, 0.1) is 0 Å². The molecule has 0 amide bonds. The van der Waals surface area contributed by atoms with Gasteiger partial charge in [0.15, 0.2) is 0 Å². The van der Waals surface area contributed by atoms with Crippen molar-refractivity contribution in [3.05, 3.63) is 60.7 Å². The molecule has 0 radical (unpaired) electrons. The van der Waals surface area contributed by atoms with E-state index in [0.717, 1.165) is 0 Å². The first kappa shape index (κ1) is 15.6. The van der Waals surface area contributed by atoms with E-state index in [9.17, 15) is 4.57 Å².